The number of rotatable bonds is 6. The van der Waals surface area contributed by atoms with Crippen LogP contribution in [0.25, 0.3) is 0 Å². The number of para-hydroxylation sites is 1. The Morgan fingerprint density at radius 1 is 0.784 bits per heavy atom. The Kier molecular flexibility index (Phi) is 7.24. The van der Waals surface area contributed by atoms with Crippen LogP contribution in [0.2, 0.25) is 0 Å². The minimum Gasteiger partial charge on any atom is -0.335 e. The standard InChI is InChI=1S/C35H38N2/c1-27-15-19-31(20-16-27)37(32-21-17-28(18-22-32)35(2,3)4)34-25-23-33(24-26-34)36(29-11-7-5-8-12-29)30-13-9-6-10-14-30/h5,7-8,11-13,15,17-25,27,34H,6,9,16,26H2,1-4H3. The summed E-state index contributed by atoms with van der Waals surface area (Å²) in [6.45, 7) is 9.10. The van der Waals surface area contributed by atoms with Crippen molar-refractivity contribution in [3.63, 3.8) is 0 Å². The van der Waals surface area contributed by atoms with Gasteiger partial charge in [0.15, 0.2) is 0 Å². The van der Waals surface area contributed by atoms with Crippen molar-refractivity contribution in [3.05, 3.63) is 120 Å². The Bertz CT molecular complexity index is 1320. The smallest absolute Gasteiger partial charge is 0.0929 e. The van der Waals surface area contributed by atoms with Gasteiger partial charge in [-0.2, -0.15) is 0 Å². The number of hydrogen-bond donors (Lipinski definition) is 0. The number of nitrogens with zero attached hydrogens (tertiary/aromatic N) is 2. The highest BCUT2D eigenvalue weighted by molar-refractivity contribution is 5.66. The molecular formula is C35H38N2. The molecule has 2 aromatic rings. The van der Waals surface area contributed by atoms with Gasteiger partial charge in [0.25, 0.3) is 0 Å². The van der Waals surface area contributed by atoms with Crippen molar-refractivity contribution in [1.82, 2.24) is 0 Å². The van der Waals surface area contributed by atoms with E-state index in [0.717, 1.165) is 37.1 Å². The lowest BCUT2D eigenvalue weighted by atomic mass is 9.87. The third-order valence-electron chi connectivity index (χ3n) is 7.31. The first-order chi connectivity index (χ1) is 17.9. The molecular weight excluding hydrogens is 448 g/mol. The molecule has 0 radical (unpaired) electrons. The molecule has 0 aliphatic heterocycles. The first kappa shape index (κ1) is 25.0. The van der Waals surface area contributed by atoms with Gasteiger partial charge in [0.1, 0.15) is 0 Å². The maximum Gasteiger partial charge on any atom is 0.0929 e. The van der Waals surface area contributed by atoms with Gasteiger partial charge in [-0.3, -0.25) is 0 Å². The topological polar surface area (TPSA) is 6.48 Å². The highest BCUT2D eigenvalue weighted by atomic mass is 15.2. The van der Waals surface area contributed by atoms with Crippen molar-refractivity contribution in [3.8, 4) is 11.8 Å². The maximum absolute atomic E-state index is 3.38. The van der Waals surface area contributed by atoms with Crippen LogP contribution in [0.15, 0.2) is 114 Å². The van der Waals surface area contributed by atoms with Crippen molar-refractivity contribution in [2.45, 2.75) is 64.8 Å². The Hall–Kier alpha value is -3.70. The minimum atomic E-state index is 0.142. The van der Waals surface area contributed by atoms with E-state index < -0.39 is 0 Å². The van der Waals surface area contributed by atoms with Crippen molar-refractivity contribution < 1.29 is 0 Å². The van der Waals surface area contributed by atoms with Crippen LogP contribution >= 0.6 is 0 Å². The summed E-state index contributed by atoms with van der Waals surface area (Å²) >= 11 is 0. The molecule has 0 amide bonds. The second-order valence-corrected chi connectivity index (χ2v) is 11.3. The van der Waals surface area contributed by atoms with Crippen LogP contribution in [-0.4, -0.2) is 6.04 Å². The highest BCUT2D eigenvalue weighted by Crippen LogP contribution is 2.34. The van der Waals surface area contributed by atoms with Gasteiger partial charge in [-0.15, -0.1) is 0 Å². The van der Waals surface area contributed by atoms with Gasteiger partial charge in [-0.1, -0.05) is 94.3 Å². The first-order valence-electron chi connectivity index (χ1n) is 13.6. The average molecular weight is 487 g/mol. The van der Waals surface area contributed by atoms with Crippen LogP contribution in [0.1, 0.15) is 58.9 Å². The van der Waals surface area contributed by atoms with E-state index in [2.05, 4.69) is 146 Å². The van der Waals surface area contributed by atoms with E-state index in [1.165, 1.54) is 22.6 Å². The Balaban J connectivity index is 1.46. The second-order valence-electron chi connectivity index (χ2n) is 11.3. The summed E-state index contributed by atoms with van der Waals surface area (Å²) in [6.07, 6.45) is 20.3. The summed E-state index contributed by atoms with van der Waals surface area (Å²) in [6, 6.07) is 20.0. The fourth-order valence-corrected chi connectivity index (χ4v) is 5.14. The molecule has 0 bridgehead atoms. The van der Waals surface area contributed by atoms with Gasteiger partial charge in [0.05, 0.1) is 11.7 Å². The molecule has 2 atom stereocenters. The number of hydrogen-bond acceptors (Lipinski definition) is 2. The lowest BCUT2D eigenvalue weighted by molar-refractivity contribution is 0.590. The van der Waals surface area contributed by atoms with E-state index in [4.69, 9.17) is 0 Å². The third-order valence-corrected chi connectivity index (χ3v) is 7.31. The van der Waals surface area contributed by atoms with Gasteiger partial charge in [-0.25, -0.2) is 0 Å². The Morgan fingerprint density at radius 2 is 1.51 bits per heavy atom. The van der Waals surface area contributed by atoms with E-state index in [0.29, 0.717) is 5.92 Å². The van der Waals surface area contributed by atoms with E-state index in [1.54, 1.807) is 0 Å². The third kappa shape index (κ3) is 5.67. The van der Waals surface area contributed by atoms with E-state index in [1.807, 2.05) is 0 Å². The lowest BCUT2D eigenvalue weighted by Gasteiger charge is -2.37. The second kappa shape index (κ2) is 10.7. The lowest BCUT2D eigenvalue weighted by Crippen LogP contribution is -2.35. The average Bonchev–Trinajstić information content (AvgIpc) is 2.92. The predicted octanol–water partition coefficient (Wildman–Crippen LogP) is 8.67. The van der Waals surface area contributed by atoms with Crippen molar-refractivity contribution >= 4 is 11.4 Å². The Morgan fingerprint density at radius 3 is 2.11 bits per heavy atom. The van der Waals surface area contributed by atoms with Crippen LogP contribution in [0, 0.1) is 17.8 Å². The zero-order valence-corrected chi connectivity index (χ0v) is 22.6. The summed E-state index contributed by atoms with van der Waals surface area (Å²) < 4.78 is 0. The molecule has 2 aromatic carbocycles. The quantitative estimate of drug-likeness (QED) is 0.377. The van der Waals surface area contributed by atoms with Gasteiger partial charge in [-0.05, 0) is 78.5 Å². The number of allylic oxidation sites excluding steroid dienone is 6. The number of anilines is 2. The molecule has 2 nitrogen and oxygen atoms in total. The van der Waals surface area contributed by atoms with Crippen LogP contribution in [0.3, 0.4) is 0 Å². The zero-order chi connectivity index (χ0) is 25.8. The fraction of sp³-hybridized carbons (Fsp3) is 0.314. The molecule has 3 aliphatic carbocycles. The van der Waals surface area contributed by atoms with Crippen LogP contribution in [0.4, 0.5) is 11.4 Å². The molecule has 0 saturated heterocycles. The first-order valence-corrected chi connectivity index (χ1v) is 13.6. The summed E-state index contributed by atoms with van der Waals surface area (Å²) in [4.78, 5) is 4.81. The molecule has 2 unspecified atom stereocenters. The van der Waals surface area contributed by atoms with E-state index in [-0.39, 0.29) is 11.5 Å². The van der Waals surface area contributed by atoms with Gasteiger partial charge < -0.3 is 9.80 Å². The Labute approximate surface area is 223 Å². The van der Waals surface area contributed by atoms with Gasteiger partial charge in [0.2, 0.25) is 0 Å². The molecule has 3 aliphatic rings. The van der Waals surface area contributed by atoms with Gasteiger partial charge in [0, 0.05) is 29.2 Å². The highest BCUT2D eigenvalue weighted by Gasteiger charge is 2.25. The molecule has 0 fully saturated rings. The molecule has 0 aromatic heterocycles. The molecule has 37 heavy (non-hydrogen) atoms. The fourth-order valence-electron chi connectivity index (χ4n) is 5.14. The molecule has 5 rings (SSSR count). The SMILES string of the molecule is CC1C=CC(N(c2ccc(C(C)(C)C)cc2)C2C=CC(N(C3=CCCC#C3)c3ccccc3)=CC2)=CC1. The van der Waals surface area contributed by atoms with Gasteiger partial charge >= 0.3 is 0 Å². The monoisotopic (exact) mass is 486 g/mol. The van der Waals surface area contributed by atoms with E-state index in [9.17, 15) is 0 Å². The largest absolute Gasteiger partial charge is 0.335 e. The summed E-state index contributed by atoms with van der Waals surface area (Å²) in [5.41, 5.74) is 7.45. The molecule has 188 valence electrons. The maximum atomic E-state index is 3.38. The molecule has 2 heteroatoms. The van der Waals surface area contributed by atoms with Crippen molar-refractivity contribution in [2.24, 2.45) is 5.92 Å². The normalized spacial score (nSPS) is 20.8. The van der Waals surface area contributed by atoms with Crippen molar-refractivity contribution in [1.29, 1.82) is 0 Å². The summed E-state index contributed by atoms with van der Waals surface area (Å²) in [5.74, 6) is 7.27. The molecule has 0 N–H and O–H groups in total. The van der Waals surface area contributed by atoms with Crippen LogP contribution < -0.4 is 9.80 Å². The molecule has 0 heterocycles. The minimum absolute atomic E-state index is 0.142. The molecule has 0 spiro atoms. The summed E-state index contributed by atoms with van der Waals surface area (Å²) in [7, 11) is 0. The van der Waals surface area contributed by atoms with Crippen LogP contribution in [-0.2, 0) is 5.41 Å². The van der Waals surface area contributed by atoms with Crippen LogP contribution in [0.5, 0.6) is 0 Å². The van der Waals surface area contributed by atoms with E-state index >= 15 is 0 Å². The summed E-state index contributed by atoms with van der Waals surface area (Å²) in [5, 5.41) is 0. The van der Waals surface area contributed by atoms with Crippen molar-refractivity contribution in [2.75, 3.05) is 9.80 Å². The zero-order valence-electron chi connectivity index (χ0n) is 22.6. The number of benzene rings is 2. The predicted molar refractivity (Wildman–Crippen MR) is 158 cm³/mol. The molecule has 0 saturated carbocycles.